The first-order valence-electron chi connectivity index (χ1n) is 7.13. The van der Waals surface area contributed by atoms with Gasteiger partial charge in [0.25, 0.3) is 5.91 Å². The summed E-state index contributed by atoms with van der Waals surface area (Å²) in [7, 11) is 0. The third-order valence-electron chi connectivity index (χ3n) is 3.92. The lowest BCUT2D eigenvalue weighted by Crippen LogP contribution is -2.26. The first-order valence-corrected chi connectivity index (χ1v) is 7.88. The highest BCUT2D eigenvalue weighted by molar-refractivity contribution is 6.35. The lowest BCUT2D eigenvalue weighted by Gasteiger charge is -2.05. The Kier molecular flexibility index (Phi) is 4.15. The van der Waals surface area contributed by atoms with Crippen LogP contribution in [0.3, 0.4) is 0 Å². The second kappa shape index (κ2) is 5.94. The number of hydrogen-bond donors (Lipinski definition) is 1. The fourth-order valence-electron chi connectivity index (χ4n) is 2.70. The minimum Gasteiger partial charge on any atom is -0.436 e. The van der Waals surface area contributed by atoms with Gasteiger partial charge >= 0.3 is 0 Å². The highest BCUT2D eigenvalue weighted by atomic mass is 35.5. The van der Waals surface area contributed by atoms with Crippen molar-refractivity contribution in [2.45, 2.75) is 26.2 Å². The van der Waals surface area contributed by atoms with Crippen molar-refractivity contribution in [1.29, 1.82) is 0 Å². The molecule has 1 aromatic carbocycles. The Morgan fingerprint density at radius 2 is 2.18 bits per heavy atom. The zero-order valence-electron chi connectivity index (χ0n) is 12.3. The summed E-state index contributed by atoms with van der Waals surface area (Å²) in [5.74, 6) is 1.35. The van der Waals surface area contributed by atoms with E-state index in [4.69, 9.17) is 27.6 Å². The molecule has 0 unspecified atom stereocenters. The Bertz CT molecular complexity index is 727. The number of halogens is 2. The number of hydrogen-bond acceptors (Lipinski definition) is 3. The average molecular weight is 339 g/mol. The van der Waals surface area contributed by atoms with Crippen molar-refractivity contribution in [2.75, 3.05) is 6.54 Å². The normalized spacial score (nSPS) is 20.0. The summed E-state index contributed by atoms with van der Waals surface area (Å²) in [6, 6.07) is 5.56. The van der Waals surface area contributed by atoms with Crippen LogP contribution in [0.4, 0.5) is 0 Å². The standard InChI is InChI=1S/C16H16Cl2N2O2/c1-8-15(22-9(2)20-8)16(21)19-7-10-5-13(10)12-4-3-11(17)6-14(12)18/h3-4,6,10,13H,5,7H2,1-2H3,(H,19,21)/t10-,13+/m1/s1. The number of amides is 1. The topological polar surface area (TPSA) is 55.1 Å². The highest BCUT2D eigenvalue weighted by Crippen LogP contribution is 2.49. The van der Waals surface area contributed by atoms with Gasteiger partial charge < -0.3 is 9.73 Å². The molecule has 1 fully saturated rings. The SMILES string of the molecule is Cc1nc(C)c(C(=O)NC[C@H]2C[C@@H]2c2ccc(Cl)cc2Cl)o1. The van der Waals surface area contributed by atoms with Gasteiger partial charge in [0, 0.05) is 23.5 Å². The Hall–Kier alpha value is -1.52. The fraction of sp³-hybridized carbons (Fsp3) is 0.375. The molecule has 0 aliphatic heterocycles. The van der Waals surface area contributed by atoms with E-state index in [1.54, 1.807) is 19.9 Å². The van der Waals surface area contributed by atoms with Crippen LogP contribution in [-0.4, -0.2) is 17.4 Å². The van der Waals surface area contributed by atoms with Crippen LogP contribution in [0.5, 0.6) is 0 Å². The quantitative estimate of drug-likeness (QED) is 0.911. The monoisotopic (exact) mass is 338 g/mol. The van der Waals surface area contributed by atoms with Gasteiger partial charge in [0.2, 0.25) is 5.76 Å². The van der Waals surface area contributed by atoms with Crippen LogP contribution in [0.15, 0.2) is 22.6 Å². The molecule has 1 aliphatic rings. The molecule has 0 saturated heterocycles. The number of nitrogens with zero attached hydrogens (tertiary/aromatic N) is 1. The van der Waals surface area contributed by atoms with Gasteiger partial charge in [0.15, 0.2) is 5.89 Å². The molecule has 0 radical (unpaired) electrons. The van der Waals surface area contributed by atoms with Crippen molar-refractivity contribution in [3.63, 3.8) is 0 Å². The van der Waals surface area contributed by atoms with Crippen molar-refractivity contribution in [3.05, 3.63) is 51.2 Å². The van der Waals surface area contributed by atoms with Gasteiger partial charge in [-0.15, -0.1) is 0 Å². The van der Waals surface area contributed by atoms with Gasteiger partial charge in [-0.1, -0.05) is 29.3 Å². The summed E-state index contributed by atoms with van der Waals surface area (Å²) in [4.78, 5) is 16.2. The number of nitrogens with one attached hydrogen (secondary N) is 1. The van der Waals surface area contributed by atoms with E-state index in [9.17, 15) is 4.79 Å². The number of oxazole rings is 1. The van der Waals surface area contributed by atoms with Crippen LogP contribution in [0.1, 0.15) is 40.0 Å². The molecule has 6 heteroatoms. The zero-order chi connectivity index (χ0) is 15.9. The molecule has 4 nitrogen and oxygen atoms in total. The predicted octanol–water partition coefficient (Wildman–Crippen LogP) is 4.13. The van der Waals surface area contributed by atoms with Gasteiger partial charge in [-0.25, -0.2) is 4.98 Å². The summed E-state index contributed by atoms with van der Waals surface area (Å²) < 4.78 is 5.31. The molecule has 22 heavy (non-hydrogen) atoms. The molecule has 1 aliphatic carbocycles. The van der Waals surface area contributed by atoms with E-state index < -0.39 is 0 Å². The lowest BCUT2D eigenvalue weighted by atomic mass is 10.1. The minimum atomic E-state index is -0.217. The van der Waals surface area contributed by atoms with E-state index in [-0.39, 0.29) is 5.91 Å². The van der Waals surface area contributed by atoms with Crippen LogP contribution in [-0.2, 0) is 0 Å². The first-order chi connectivity index (χ1) is 10.5. The Balaban J connectivity index is 1.58. The Labute approximate surface area is 138 Å². The number of carbonyl (C=O) groups excluding carboxylic acids is 1. The molecule has 2 aromatic rings. The van der Waals surface area contributed by atoms with E-state index in [1.807, 2.05) is 12.1 Å². The fourth-order valence-corrected chi connectivity index (χ4v) is 3.25. The summed E-state index contributed by atoms with van der Waals surface area (Å²) in [5.41, 5.74) is 1.71. The molecule has 1 saturated carbocycles. The van der Waals surface area contributed by atoms with Crippen molar-refractivity contribution in [2.24, 2.45) is 5.92 Å². The van der Waals surface area contributed by atoms with Gasteiger partial charge in [0.1, 0.15) is 0 Å². The molecule has 0 bridgehead atoms. The van der Waals surface area contributed by atoms with Crippen LogP contribution in [0, 0.1) is 19.8 Å². The van der Waals surface area contributed by atoms with Gasteiger partial charge in [-0.05, 0) is 42.9 Å². The molecular weight excluding hydrogens is 323 g/mol. The molecule has 3 rings (SSSR count). The largest absolute Gasteiger partial charge is 0.436 e. The third-order valence-corrected chi connectivity index (χ3v) is 4.48. The van der Waals surface area contributed by atoms with Crippen LogP contribution in [0.2, 0.25) is 10.0 Å². The molecule has 116 valence electrons. The smallest absolute Gasteiger partial charge is 0.289 e. The maximum atomic E-state index is 12.1. The van der Waals surface area contributed by atoms with Crippen molar-refractivity contribution >= 4 is 29.1 Å². The van der Waals surface area contributed by atoms with E-state index >= 15 is 0 Å². The number of aryl methyl sites for hydroxylation is 2. The second-order valence-electron chi connectivity index (χ2n) is 5.63. The average Bonchev–Trinajstić information content (AvgIpc) is 3.13. The minimum absolute atomic E-state index is 0.217. The predicted molar refractivity (Wildman–Crippen MR) is 85.6 cm³/mol. The van der Waals surface area contributed by atoms with Gasteiger partial charge in [-0.3, -0.25) is 4.79 Å². The maximum Gasteiger partial charge on any atom is 0.289 e. The van der Waals surface area contributed by atoms with Gasteiger partial charge in [0.05, 0.1) is 5.69 Å². The summed E-state index contributed by atoms with van der Waals surface area (Å²) in [6.45, 7) is 4.09. The summed E-state index contributed by atoms with van der Waals surface area (Å²) in [6.07, 6.45) is 1.01. The van der Waals surface area contributed by atoms with Crippen molar-refractivity contribution in [3.8, 4) is 0 Å². The van der Waals surface area contributed by atoms with E-state index in [1.165, 1.54) is 0 Å². The molecular formula is C16H16Cl2N2O2. The summed E-state index contributed by atoms with van der Waals surface area (Å²) in [5, 5.41) is 4.23. The zero-order valence-corrected chi connectivity index (χ0v) is 13.8. The van der Waals surface area contributed by atoms with E-state index in [0.29, 0.717) is 45.8 Å². The maximum absolute atomic E-state index is 12.1. The second-order valence-corrected chi connectivity index (χ2v) is 6.47. The van der Waals surface area contributed by atoms with E-state index in [0.717, 1.165) is 12.0 Å². The Morgan fingerprint density at radius 3 is 2.82 bits per heavy atom. The first kappa shape index (κ1) is 15.4. The van der Waals surface area contributed by atoms with Crippen molar-refractivity contribution < 1.29 is 9.21 Å². The van der Waals surface area contributed by atoms with Crippen molar-refractivity contribution in [1.82, 2.24) is 10.3 Å². The van der Waals surface area contributed by atoms with Crippen LogP contribution in [0.25, 0.3) is 0 Å². The third kappa shape index (κ3) is 3.13. The lowest BCUT2D eigenvalue weighted by molar-refractivity contribution is 0.0921. The Morgan fingerprint density at radius 1 is 1.41 bits per heavy atom. The number of aromatic nitrogens is 1. The molecule has 2 atom stereocenters. The van der Waals surface area contributed by atoms with Crippen LogP contribution >= 0.6 is 23.2 Å². The molecule has 1 heterocycles. The van der Waals surface area contributed by atoms with E-state index in [2.05, 4.69) is 10.3 Å². The number of benzene rings is 1. The van der Waals surface area contributed by atoms with Crippen LogP contribution < -0.4 is 5.32 Å². The molecule has 1 aromatic heterocycles. The van der Waals surface area contributed by atoms with Gasteiger partial charge in [-0.2, -0.15) is 0 Å². The molecule has 1 amide bonds. The number of rotatable bonds is 4. The molecule has 1 N–H and O–H groups in total. The number of carbonyl (C=O) groups is 1. The summed E-state index contributed by atoms with van der Waals surface area (Å²) >= 11 is 12.1. The highest BCUT2D eigenvalue weighted by Gasteiger charge is 2.39. The molecule has 0 spiro atoms.